The number of oxazole rings is 1. The molecule has 4 aromatic rings. The first-order valence-electron chi connectivity index (χ1n) is 8.70. The molecule has 1 N–H and O–H groups in total. The number of fused-ring (bicyclic) bond motifs is 1. The Morgan fingerprint density at radius 2 is 1.82 bits per heavy atom. The summed E-state index contributed by atoms with van der Waals surface area (Å²) >= 11 is 0. The summed E-state index contributed by atoms with van der Waals surface area (Å²) in [5, 5.41) is 2.82. The van der Waals surface area contributed by atoms with Crippen LogP contribution in [0.3, 0.4) is 0 Å². The van der Waals surface area contributed by atoms with Gasteiger partial charge in [0, 0.05) is 17.3 Å². The molecule has 0 aliphatic carbocycles. The van der Waals surface area contributed by atoms with Gasteiger partial charge in [-0.2, -0.15) is 0 Å². The Balaban J connectivity index is 1.50. The van der Waals surface area contributed by atoms with E-state index >= 15 is 0 Å². The molecule has 0 atom stereocenters. The summed E-state index contributed by atoms with van der Waals surface area (Å²) < 4.78 is 24.0. The number of nitrogens with zero attached hydrogens (tertiary/aromatic N) is 1. The maximum Gasteiger partial charge on any atom is 0.228 e. The van der Waals surface area contributed by atoms with Gasteiger partial charge in [-0.25, -0.2) is 9.37 Å². The standard InChI is InChI=1S/C22H17FN2O3/c1-27-18-9-4-15(5-10-18)22-25-19-11-8-17(13-20(19)28-22)24-21(26)12-14-2-6-16(23)7-3-14/h2-11,13H,12H2,1H3,(H,24,26). The Morgan fingerprint density at radius 3 is 2.54 bits per heavy atom. The van der Waals surface area contributed by atoms with Gasteiger partial charge in [-0.15, -0.1) is 0 Å². The van der Waals surface area contributed by atoms with Gasteiger partial charge >= 0.3 is 0 Å². The van der Waals surface area contributed by atoms with E-state index in [9.17, 15) is 9.18 Å². The second kappa shape index (κ2) is 7.52. The van der Waals surface area contributed by atoms with E-state index in [0.717, 1.165) is 16.9 Å². The van der Waals surface area contributed by atoms with Crippen molar-refractivity contribution in [3.8, 4) is 17.2 Å². The lowest BCUT2D eigenvalue weighted by molar-refractivity contribution is -0.115. The Kier molecular flexibility index (Phi) is 4.76. The third-order valence-electron chi connectivity index (χ3n) is 4.29. The van der Waals surface area contributed by atoms with Crippen molar-refractivity contribution in [2.24, 2.45) is 0 Å². The predicted octanol–water partition coefficient (Wildman–Crippen LogP) is 4.82. The summed E-state index contributed by atoms with van der Waals surface area (Å²) in [5.74, 6) is 0.729. The number of anilines is 1. The van der Waals surface area contributed by atoms with Crippen molar-refractivity contribution in [2.75, 3.05) is 12.4 Å². The van der Waals surface area contributed by atoms with E-state index in [4.69, 9.17) is 9.15 Å². The Bertz CT molecular complexity index is 1120. The molecule has 0 unspecified atom stereocenters. The van der Waals surface area contributed by atoms with E-state index in [0.29, 0.717) is 22.7 Å². The number of methoxy groups -OCH3 is 1. The van der Waals surface area contributed by atoms with Gasteiger partial charge in [0.25, 0.3) is 0 Å². The van der Waals surface area contributed by atoms with Crippen LogP contribution < -0.4 is 10.1 Å². The Labute approximate surface area is 160 Å². The molecule has 0 aliphatic heterocycles. The fourth-order valence-electron chi connectivity index (χ4n) is 2.85. The minimum atomic E-state index is -0.326. The molecule has 1 heterocycles. The molecule has 0 bridgehead atoms. The number of hydrogen-bond donors (Lipinski definition) is 1. The maximum atomic E-state index is 13.0. The molecule has 1 aromatic heterocycles. The highest BCUT2D eigenvalue weighted by Crippen LogP contribution is 2.27. The van der Waals surface area contributed by atoms with Crippen LogP contribution in [0.2, 0.25) is 0 Å². The lowest BCUT2D eigenvalue weighted by Gasteiger charge is -2.05. The van der Waals surface area contributed by atoms with Crippen LogP contribution >= 0.6 is 0 Å². The van der Waals surface area contributed by atoms with Gasteiger partial charge in [0.05, 0.1) is 13.5 Å². The molecule has 5 nitrogen and oxygen atoms in total. The van der Waals surface area contributed by atoms with Crippen molar-refractivity contribution in [1.82, 2.24) is 4.98 Å². The van der Waals surface area contributed by atoms with Crippen LogP contribution in [0.4, 0.5) is 10.1 Å². The molecular formula is C22H17FN2O3. The van der Waals surface area contributed by atoms with Crippen LogP contribution in [0.25, 0.3) is 22.6 Å². The van der Waals surface area contributed by atoms with Crippen molar-refractivity contribution >= 4 is 22.7 Å². The first kappa shape index (κ1) is 17.7. The van der Waals surface area contributed by atoms with Crippen molar-refractivity contribution in [1.29, 1.82) is 0 Å². The summed E-state index contributed by atoms with van der Waals surface area (Å²) in [6.07, 6.45) is 0.159. The summed E-state index contributed by atoms with van der Waals surface area (Å²) in [6, 6.07) is 18.6. The Hall–Kier alpha value is -3.67. The number of rotatable bonds is 5. The van der Waals surface area contributed by atoms with Gasteiger partial charge in [-0.05, 0) is 54.1 Å². The molecule has 0 aliphatic rings. The lowest BCUT2D eigenvalue weighted by atomic mass is 10.1. The van der Waals surface area contributed by atoms with Gasteiger partial charge < -0.3 is 14.5 Å². The molecular weight excluding hydrogens is 359 g/mol. The van der Waals surface area contributed by atoms with E-state index in [1.165, 1.54) is 12.1 Å². The fourth-order valence-corrected chi connectivity index (χ4v) is 2.85. The maximum absolute atomic E-state index is 13.0. The van der Waals surface area contributed by atoms with E-state index in [1.807, 2.05) is 24.3 Å². The summed E-state index contributed by atoms with van der Waals surface area (Å²) in [7, 11) is 1.61. The number of benzene rings is 3. The number of carbonyl (C=O) groups excluding carboxylic acids is 1. The minimum absolute atomic E-state index is 0.159. The van der Waals surface area contributed by atoms with Gasteiger partial charge in [0.2, 0.25) is 11.8 Å². The monoisotopic (exact) mass is 376 g/mol. The van der Waals surface area contributed by atoms with Crippen LogP contribution in [0, 0.1) is 5.82 Å². The SMILES string of the molecule is COc1ccc(-c2nc3ccc(NC(=O)Cc4ccc(F)cc4)cc3o2)cc1. The highest BCUT2D eigenvalue weighted by Gasteiger charge is 2.11. The minimum Gasteiger partial charge on any atom is -0.497 e. The first-order chi connectivity index (χ1) is 13.6. The van der Waals surface area contributed by atoms with Crippen molar-refractivity contribution in [3.63, 3.8) is 0 Å². The molecule has 140 valence electrons. The topological polar surface area (TPSA) is 64.4 Å². The number of nitrogens with one attached hydrogen (secondary N) is 1. The third-order valence-corrected chi connectivity index (χ3v) is 4.29. The van der Waals surface area contributed by atoms with E-state index in [-0.39, 0.29) is 18.1 Å². The van der Waals surface area contributed by atoms with E-state index < -0.39 is 0 Å². The van der Waals surface area contributed by atoms with Crippen LogP contribution in [0.5, 0.6) is 5.75 Å². The van der Waals surface area contributed by atoms with Crippen LogP contribution in [0.15, 0.2) is 71.1 Å². The zero-order valence-corrected chi connectivity index (χ0v) is 15.1. The van der Waals surface area contributed by atoms with Crippen LogP contribution in [0.1, 0.15) is 5.56 Å². The zero-order valence-electron chi connectivity index (χ0n) is 15.1. The Morgan fingerprint density at radius 1 is 1.07 bits per heavy atom. The van der Waals surface area contributed by atoms with Gasteiger partial charge in [0.1, 0.15) is 17.1 Å². The second-order valence-corrected chi connectivity index (χ2v) is 6.28. The molecule has 3 aromatic carbocycles. The number of amides is 1. The number of hydrogen-bond acceptors (Lipinski definition) is 4. The van der Waals surface area contributed by atoms with Crippen LogP contribution in [-0.4, -0.2) is 18.0 Å². The number of carbonyl (C=O) groups is 1. The van der Waals surface area contributed by atoms with Gasteiger partial charge in [-0.1, -0.05) is 12.1 Å². The highest BCUT2D eigenvalue weighted by molar-refractivity contribution is 5.94. The number of halogens is 1. The largest absolute Gasteiger partial charge is 0.497 e. The van der Waals surface area contributed by atoms with Crippen LogP contribution in [-0.2, 0) is 11.2 Å². The molecule has 0 fully saturated rings. The van der Waals surface area contributed by atoms with Gasteiger partial charge in [0.15, 0.2) is 5.58 Å². The molecule has 0 radical (unpaired) electrons. The number of aromatic nitrogens is 1. The summed E-state index contributed by atoms with van der Waals surface area (Å²) in [5.41, 5.74) is 3.45. The average molecular weight is 376 g/mol. The van der Waals surface area contributed by atoms with Crippen molar-refractivity contribution in [3.05, 3.63) is 78.1 Å². The summed E-state index contributed by atoms with van der Waals surface area (Å²) in [6.45, 7) is 0. The molecule has 6 heteroatoms. The van der Waals surface area contributed by atoms with E-state index in [2.05, 4.69) is 10.3 Å². The van der Waals surface area contributed by atoms with Crippen molar-refractivity contribution < 1.29 is 18.3 Å². The molecule has 0 saturated carbocycles. The second-order valence-electron chi connectivity index (χ2n) is 6.28. The highest BCUT2D eigenvalue weighted by atomic mass is 19.1. The van der Waals surface area contributed by atoms with Gasteiger partial charge in [-0.3, -0.25) is 4.79 Å². The smallest absolute Gasteiger partial charge is 0.228 e. The summed E-state index contributed by atoms with van der Waals surface area (Å²) in [4.78, 5) is 16.7. The predicted molar refractivity (Wildman–Crippen MR) is 105 cm³/mol. The first-order valence-corrected chi connectivity index (χ1v) is 8.70. The quantitative estimate of drug-likeness (QED) is 0.542. The molecule has 4 rings (SSSR count). The molecule has 0 spiro atoms. The molecule has 1 amide bonds. The molecule has 28 heavy (non-hydrogen) atoms. The van der Waals surface area contributed by atoms with E-state index in [1.54, 1.807) is 37.4 Å². The average Bonchev–Trinajstić information content (AvgIpc) is 3.13. The zero-order chi connectivity index (χ0) is 19.5. The third kappa shape index (κ3) is 3.86. The fraction of sp³-hybridized carbons (Fsp3) is 0.0909. The number of ether oxygens (including phenoxy) is 1. The normalized spacial score (nSPS) is 10.8. The van der Waals surface area contributed by atoms with Crippen molar-refractivity contribution in [2.45, 2.75) is 6.42 Å². The lowest BCUT2D eigenvalue weighted by Crippen LogP contribution is -2.14. The molecule has 0 saturated heterocycles.